The van der Waals surface area contributed by atoms with Crippen molar-refractivity contribution < 1.29 is 24.2 Å². The molecule has 0 heterocycles. The predicted molar refractivity (Wildman–Crippen MR) is 113 cm³/mol. The molecule has 6 heteroatoms. The Kier molecular flexibility index (Phi) is 6.70. The van der Waals surface area contributed by atoms with Crippen LogP contribution in [0.5, 0.6) is 17.2 Å². The molecule has 154 valence electrons. The number of aromatic hydroxyl groups is 1. The number of carbonyl (C=O) groups excluding carboxylic acids is 2. The second-order valence-electron chi connectivity index (χ2n) is 6.58. The molecule has 3 rings (SSSR count). The number of phenols is 1. The Morgan fingerprint density at radius 3 is 1.70 bits per heavy atom. The maximum Gasteiger partial charge on any atom is 0.264 e. The standard InChI is InChI=1S/C24H23NO5/c1-29-21-9-5-3-7-19(21)23(27)25(16-15-17-11-13-18(26)14-12-17)24(28)20-8-4-6-10-22(20)30-2/h3-14,26H,15-16H2,1-2H3. The smallest absolute Gasteiger partial charge is 0.264 e. The third-order valence-electron chi connectivity index (χ3n) is 4.73. The Labute approximate surface area is 175 Å². The van der Waals surface area contributed by atoms with E-state index < -0.39 is 11.8 Å². The van der Waals surface area contributed by atoms with Crippen LogP contribution in [0.4, 0.5) is 0 Å². The summed E-state index contributed by atoms with van der Waals surface area (Å²) in [5.74, 6) is 0.0324. The van der Waals surface area contributed by atoms with Gasteiger partial charge in [0.15, 0.2) is 0 Å². The van der Waals surface area contributed by atoms with Crippen molar-refractivity contribution in [3.8, 4) is 17.2 Å². The summed E-state index contributed by atoms with van der Waals surface area (Å²) in [6.45, 7) is 0.151. The number of rotatable bonds is 7. The second kappa shape index (κ2) is 9.60. The van der Waals surface area contributed by atoms with Crippen molar-refractivity contribution in [1.29, 1.82) is 0 Å². The monoisotopic (exact) mass is 405 g/mol. The summed E-state index contributed by atoms with van der Waals surface area (Å²) in [6.07, 6.45) is 0.433. The van der Waals surface area contributed by atoms with Crippen molar-refractivity contribution in [2.24, 2.45) is 0 Å². The van der Waals surface area contributed by atoms with Crippen molar-refractivity contribution >= 4 is 11.8 Å². The number of hydrogen-bond donors (Lipinski definition) is 1. The Bertz CT molecular complexity index is 970. The van der Waals surface area contributed by atoms with E-state index in [-0.39, 0.29) is 12.3 Å². The number of para-hydroxylation sites is 2. The largest absolute Gasteiger partial charge is 0.508 e. The van der Waals surface area contributed by atoms with Gasteiger partial charge in [0, 0.05) is 6.54 Å². The first-order valence-electron chi connectivity index (χ1n) is 9.45. The highest BCUT2D eigenvalue weighted by molar-refractivity contribution is 6.12. The lowest BCUT2D eigenvalue weighted by molar-refractivity contribution is 0.0614. The Morgan fingerprint density at radius 2 is 1.23 bits per heavy atom. The molecule has 0 saturated heterocycles. The van der Waals surface area contributed by atoms with Crippen LogP contribution in [-0.2, 0) is 6.42 Å². The highest BCUT2D eigenvalue weighted by atomic mass is 16.5. The molecule has 30 heavy (non-hydrogen) atoms. The van der Waals surface area contributed by atoms with Gasteiger partial charge in [0.1, 0.15) is 17.2 Å². The molecule has 0 radical (unpaired) electrons. The molecule has 2 amide bonds. The van der Waals surface area contributed by atoms with Gasteiger partial charge in [0.2, 0.25) is 0 Å². The van der Waals surface area contributed by atoms with Gasteiger partial charge in [0.05, 0.1) is 25.3 Å². The summed E-state index contributed by atoms with van der Waals surface area (Å²) in [4.78, 5) is 27.9. The van der Waals surface area contributed by atoms with Crippen LogP contribution in [0.15, 0.2) is 72.8 Å². The topological polar surface area (TPSA) is 76.1 Å². The van der Waals surface area contributed by atoms with Crippen LogP contribution in [0.3, 0.4) is 0 Å². The third kappa shape index (κ3) is 4.60. The van der Waals surface area contributed by atoms with Gasteiger partial charge in [-0.1, -0.05) is 36.4 Å². The summed E-state index contributed by atoms with van der Waals surface area (Å²) in [5, 5.41) is 9.48. The van der Waals surface area contributed by atoms with Gasteiger partial charge < -0.3 is 14.6 Å². The van der Waals surface area contributed by atoms with Crippen LogP contribution >= 0.6 is 0 Å². The lowest BCUT2D eigenvalue weighted by Gasteiger charge is -2.23. The van der Waals surface area contributed by atoms with E-state index in [4.69, 9.17) is 9.47 Å². The number of ether oxygens (including phenoxy) is 2. The van der Waals surface area contributed by atoms with Gasteiger partial charge >= 0.3 is 0 Å². The lowest BCUT2D eigenvalue weighted by atomic mass is 10.1. The number of nitrogens with zero attached hydrogens (tertiary/aromatic N) is 1. The normalized spacial score (nSPS) is 10.3. The molecule has 0 aliphatic rings. The minimum absolute atomic E-state index is 0.151. The van der Waals surface area contributed by atoms with Crippen molar-refractivity contribution in [3.63, 3.8) is 0 Å². The number of phenolic OH excluding ortho intramolecular Hbond substituents is 1. The zero-order valence-electron chi connectivity index (χ0n) is 16.9. The van der Waals surface area contributed by atoms with E-state index in [2.05, 4.69) is 0 Å². The highest BCUT2D eigenvalue weighted by Gasteiger charge is 2.27. The van der Waals surface area contributed by atoms with E-state index in [1.54, 1.807) is 72.8 Å². The minimum atomic E-state index is -0.456. The average Bonchev–Trinajstić information content (AvgIpc) is 2.79. The van der Waals surface area contributed by atoms with Crippen LogP contribution < -0.4 is 9.47 Å². The zero-order valence-corrected chi connectivity index (χ0v) is 16.9. The van der Waals surface area contributed by atoms with Gasteiger partial charge in [-0.3, -0.25) is 14.5 Å². The van der Waals surface area contributed by atoms with Crippen LogP contribution in [0.25, 0.3) is 0 Å². The molecule has 6 nitrogen and oxygen atoms in total. The van der Waals surface area contributed by atoms with Gasteiger partial charge in [-0.25, -0.2) is 0 Å². The number of benzene rings is 3. The molecule has 0 saturated carbocycles. The number of hydrogen-bond acceptors (Lipinski definition) is 5. The van der Waals surface area contributed by atoms with Crippen LogP contribution in [-0.4, -0.2) is 42.6 Å². The Hall–Kier alpha value is -3.80. The summed E-state index contributed by atoms with van der Waals surface area (Å²) in [6, 6.07) is 20.3. The molecule has 1 N–H and O–H groups in total. The maximum atomic E-state index is 13.4. The van der Waals surface area contributed by atoms with E-state index in [0.717, 1.165) is 5.56 Å². The third-order valence-corrected chi connectivity index (χ3v) is 4.73. The fourth-order valence-electron chi connectivity index (χ4n) is 3.13. The molecular weight excluding hydrogens is 382 g/mol. The van der Waals surface area contributed by atoms with Crippen LogP contribution in [0.2, 0.25) is 0 Å². The maximum absolute atomic E-state index is 13.4. The molecule has 3 aromatic carbocycles. The van der Waals surface area contributed by atoms with Crippen molar-refractivity contribution in [1.82, 2.24) is 4.90 Å². The SMILES string of the molecule is COc1ccccc1C(=O)N(CCc1ccc(O)cc1)C(=O)c1ccccc1OC. The molecule has 0 aliphatic carbocycles. The first-order chi connectivity index (χ1) is 14.5. The summed E-state index contributed by atoms with van der Waals surface area (Å²) in [7, 11) is 2.96. The fourth-order valence-corrected chi connectivity index (χ4v) is 3.13. The second-order valence-corrected chi connectivity index (χ2v) is 6.58. The van der Waals surface area contributed by atoms with E-state index in [0.29, 0.717) is 29.0 Å². The minimum Gasteiger partial charge on any atom is -0.508 e. The molecule has 0 aliphatic heterocycles. The molecule has 0 aromatic heterocycles. The number of methoxy groups -OCH3 is 2. The van der Waals surface area contributed by atoms with Crippen molar-refractivity contribution in [2.45, 2.75) is 6.42 Å². The first kappa shape index (κ1) is 20.9. The number of carbonyl (C=O) groups is 2. The Balaban J connectivity index is 1.96. The van der Waals surface area contributed by atoms with Crippen LogP contribution in [0, 0.1) is 0 Å². The summed E-state index contributed by atoms with van der Waals surface area (Å²) < 4.78 is 10.6. The van der Waals surface area contributed by atoms with E-state index in [9.17, 15) is 14.7 Å². The average molecular weight is 405 g/mol. The highest BCUT2D eigenvalue weighted by Crippen LogP contribution is 2.24. The van der Waals surface area contributed by atoms with Gasteiger partial charge in [-0.15, -0.1) is 0 Å². The molecule has 0 unspecified atom stereocenters. The lowest BCUT2D eigenvalue weighted by Crippen LogP contribution is -2.38. The van der Waals surface area contributed by atoms with E-state index in [1.165, 1.54) is 19.1 Å². The Morgan fingerprint density at radius 1 is 0.767 bits per heavy atom. The first-order valence-corrected chi connectivity index (χ1v) is 9.45. The molecule has 0 fully saturated rings. The van der Waals surface area contributed by atoms with Crippen LogP contribution in [0.1, 0.15) is 26.3 Å². The quantitative estimate of drug-likeness (QED) is 0.603. The summed E-state index contributed by atoms with van der Waals surface area (Å²) in [5.41, 5.74) is 1.49. The predicted octanol–water partition coefficient (Wildman–Crippen LogP) is 3.93. The molecule has 0 bridgehead atoms. The molecule has 0 spiro atoms. The van der Waals surface area contributed by atoms with Gasteiger partial charge in [0.25, 0.3) is 11.8 Å². The number of amides is 2. The zero-order chi connectivity index (χ0) is 21.5. The van der Waals surface area contributed by atoms with E-state index in [1.807, 2.05) is 0 Å². The number of imide groups is 1. The summed E-state index contributed by atoms with van der Waals surface area (Å²) >= 11 is 0. The van der Waals surface area contributed by atoms with Crippen molar-refractivity contribution in [2.75, 3.05) is 20.8 Å². The van der Waals surface area contributed by atoms with Gasteiger partial charge in [-0.05, 0) is 48.4 Å². The molecule has 0 atom stereocenters. The van der Waals surface area contributed by atoms with E-state index >= 15 is 0 Å². The van der Waals surface area contributed by atoms with Gasteiger partial charge in [-0.2, -0.15) is 0 Å². The molecular formula is C24H23NO5. The van der Waals surface area contributed by atoms with Crippen molar-refractivity contribution in [3.05, 3.63) is 89.5 Å². The molecule has 3 aromatic rings. The fraction of sp³-hybridized carbons (Fsp3) is 0.167.